The van der Waals surface area contributed by atoms with Gasteiger partial charge in [-0.25, -0.2) is 4.57 Å². The highest BCUT2D eigenvalue weighted by Crippen LogP contribution is 2.13. The van der Waals surface area contributed by atoms with E-state index in [0.29, 0.717) is 0 Å². The first-order valence-corrected chi connectivity index (χ1v) is 7.53. The van der Waals surface area contributed by atoms with Crippen molar-refractivity contribution >= 4 is 35.1 Å². The van der Waals surface area contributed by atoms with E-state index < -0.39 is 0 Å². The van der Waals surface area contributed by atoms with Crippen molar-refractivity contribution in [1.29, 1.82) is 0 Å². The fourth-order valence-corrected chi connectivity index (χ4v) is 3.51. The molecule has 0 N–H and O–H groups in total. The van der Waals surface area contributed by atoms with E-state index >= 15 is 0 Å². The molecule has 0 atom stereocenters. The van der Waals surface area contributed by atoms with Crippen LogP contribution in [0.5, 0.6) is 0 Å². The maximum atomic E-state index is 6.02. The van der Waals surface area contributed by atoms with E-state index in [9.17, 15) is 0 Å². The molecule has 1 aromatic carbocycles. The number of para-hydroxylation sites is 1. The largest absolute Gasteiger partial charge is 0.455 e. The Labute approximate surface area is 129 Å². The number of aromatic nitrogens is 1. The van der Waals surface area contributed by atoms with E-state index in [1.807, 2.05) is 12.1 Å². The van der Waals surface area contributed by atoms with Gasteiger partial charge < -0.3 is 9.23 Å². The second-order valence-electron chi connectivity index (χ2n) is 5.95. The summed E-state index contributed by atoms with van der Waals surface area (Å²) in [7, 11) is 4.21. The van der Waals surface area contributed by atoms with Crippen LogP contribution in [0.2, 0.25) is 0 Å². The fourth-order valence-electron chi connectivity index (χ4n) is 3.51. The average molecular weight is 289 g/mol. The van der Waals surface area contributed by atoms with Crippen LogP contribution in [0.15, 0.2) is 53.1 Å². The third kappa shape index (κ3) is 1.80. The Morgan fingerprint density at radius 1 is 1.09 bits per heavy atom. The van der Waals surface area contributed by atoms with E-state index in [0.717, 1.165) is 11.0 Å². The third-order valence-corrected chi connectivity index (χ3v) is 4.53. The van der Waals surface area contributed by atoms with Crippen molar-refractivity contribution in [3.63, 3.8) is 0 Å². The molecule has 0 spiro atoms. The average Bonchev–Trinajstić information content (AvgIpc) is 2.87. The second kappa shape index (κ2) is 4.77. The fraction of sp³-hybridized carbons (Fsp3) is 0.167. The molecule has 0 bridgehead atoms. The number of aryl methyl sites for hydroxylation is 1. The van der Waals surface area contributed by atoms with E-state index in [2.05, 4.69) is 73.1 Å². The highest BCUT2D eigenvalue weighted by atomic mass is 16.3. The Morgan fingerprint density at radius 3 is 2.68 bits per heavy atom. The number of furan rings is 1. The molecule has 0 saturated carbocycles. The van der Waals surface area contributed by atoms with Crippen LogP contribution < -0.4 is 20.8 Å². The molecule has 2 aromatic heterocycles. The lowest BCUT2D eigenvalue weighted by atomic mass is 9.50. The number of fused-ring (bicyclic) bond motifs is 3. The van der Waals surface area contributed by atoms with Gasteiger partial charge in [-0.3, -0.25) is 0 Å². The van der Waals surface area contributed by atoms with Gasteiger partial charge in [0.2, 0.25) is 0 Å². The van der Waals surface area contributed by atoms with Gasteiger partial charge in [0, 0.05) is 22.9 Å². The van der Waals surface area contributed by atoms with Crippen molar-refractivity contribution in [2.24, 2.45) is 7.05 Å². The summed E-state index contributed by atoms with van der Waals surface area (Å²) < 4.78 is 8.21. The number of nitrogens with zero attached hydrogens (tertiary/aromatic N) is 2. The number of hydrogen-bond donors (Lipinski definition) is 0. The van der Waals surface area contributed by atoms with Gasteiger partial charge in [-0.2, -0.15) is 0 Å². The van der Waals surface area contributed by atoms with Crippen LogP contribution in [0.1, 0.15) is 6.92 Å². The van der Waals surface area contributed by atoms with Crippen molar-refractivity contribution in [2.75, 3.05) is 7.05 Å². The lowest BCUT2D eigenvalue weighted by molar-refractivity contribution is -0.654. The van der Waals surface area contributed by atoms with Gasteiger partial charge in [-0.05, 0) is 26.1 Å². The summed E-state index contributed by atoms with van der Waals surface area (Å²) in [6.45, 7) is 2.43. The molecule has 4 heteroatoms. The monoisotopic (exact) mass is 289 g/mol. The molecule has 0 unspecified atom stereocenters. The molecule has 0 aliphatic carbocycles. The van der Waals surface area contributed by atoms with Gasteiger partial charge in [0.15, 0.2) is 11.8 Å². The minimum absolute atomic E-state index is 0.222. The van der Waals surface area contributed by atoms with Crippen molar-refractivity contribution < 1.29 is 8.98 Å². The van der Waals surface area contributed by atoms with Crippen LogP contribution >= 0.6 is 0 Å². The molecular formula is C18H18BN2O+. The molecule has 0 amide bonds. The first-order chi connectivity index (χ1) is 10.7. The van der Waals surface area contributed by atoms with E-state index in [-0.39, 0.29) is 6.85 Å². The van der Waals surface area contributed by atoms with E-state index in [4.69, 9.17) is 4.42 Å². The van der Waals surface area contributed by atoms with Gasteiger partial charge in [0.05, 0.1) is 0 Å². The molecule has 0 fully saturated rings. The van der Waals surface area contributed by atoms with Gasteiger partial charge in [0.1, 0.15) is 18.0 Å². The van der Waals surface area contributed by atoms with E-state index in [1.165, 1.54) is 21.7 Å². The highest BCUT2D eigenvalue weighted by Gasteiger charge is 2.34. The lowest BCUT2D eigenvalue weighted by Crippen LogP contribution is -2.62. The molecule has 1 aliphatic heterocycles. The molecule has 22 heavy (non-hydrogen) atoms. The van der Waals surface area contributed by atoms with E-state index in [1.54, 1.807) is 0 Å². The second-order valence-corrected chi connectivity index (χ2v) is 5.95. The molecule has 3 nitrogen and oxygen atoms in total. The Balaban J connectivity index is 2.07. The zero-order valence-corrected chi connectivity index (χ0v) is 13.1. The number of benzene rings is 1. The number of rotatable bonds is 1. The molecule has 0 saturated heterocycles. The van der Waals surface area contributed by atoms with Gasteiger partial charge in [-0.15, -0.1) is 0 Å². The summed E-state index contributed by atoms with van der Waals surface area (Å²) in [6, 6.07) is 14.6. The first kappa shape index (κ1) is 13.2. The quantitative estimate of drug-likeness (QED) is 0.482. The van der Waals surface area contributed by atoms with Crippen LogP contribution in [0.4, 0.5) is 0 Å². The molecule has 1 aliphatic rings. The van der Waals surface area contributed by atoms with Gasteiger partial charge in [-0.1, -0.05) is 29.7 Å². The summed E-state index contributed by atoms with van der Waals surface area (Å²) >= 11 is 0. The number of hydrogen-bond acceptors (Lipinski definition) is 2. The molecule has 0 radical (unpaired) electrons. The standard InChI is InChI=1S/C18H18BN2O/c1-13-18-14-8-4-5-9-15(14)22-16(18)12-21(3)19(13)17-10-6-7-11-20(17)2/h4-12H,1-3H3/q+1. The maximum Gasteiger partial charge on any atom is 0.399 e. The van der Waals surface area contributed by atoms with Crippen LogP contribution in [-0.2, 0) is 7.05 Å². The Kier molecular flexibility index (Phi) is 2.86. The summed E-state index contributed by atoms with van der Waals surface area (Å²) in [5.41, 5.74) is 4.51. The normalized spacial score (nSPS) is 14.2. The Hall–Kier alpha value is -2.49. The molecule has 3 heterocycles. The SMILES string of the molecule is CC1=c2c(oc3ccccc23)=CN(C)B1c1cccc[n+]1C. The molecular weight excluding hydrogens is 271 g/mol. The predicted molar refractivity (Wildman–Crippen MR) is 89.8 cm³/mol. The van der Waals surface area contributed by atoms with Crippen LogP contribution in [0.25, 0.3) is 22.6 Å². The van der Waals surface area contributed by atoms with Gasteiger partial charge >= 0.3 is 6.85 Å². The molecule has 4 rings (SSSR count). The first-order valence-electron chi connectivity index (χ1n) is 7.53. The minimum Gasteiger partial charge on any atom is -0.455 e. The van der Waals surface area contributed by atoms with Gasteiger partial charge in [0.25, 0.3) is 0 Å². The van der Waals surface area contributed by atoms with Crippen LogP contribution in [0, 0.1) is 0 Å². The predicted octanol–water partition coefficient (Wildman–Crippen LogP) is 0.549. The maximum absolute atomic E-state index is 6.02. The van der Waals surface area contributed by atoms with Crippen molar-refractivity contribution in [2.45, 2.75) is 6.92 Å². The Morgan fingerprint density at radius 2 is 1.86 bits per heavy atom. The molecule has 3 aromatic rings. The van der Waals surface area contributed by atoms with Crippen molar-refractivity contribution in [3.8, 4) is 0 Å². The third-order valence-electron chi connectivity index (χ3n) is 4.53. The zero-order valence-electron chi connectivity index (χ0n) is 13.1. The summed E-state index contributed by atoms with van der Waals surface area (Å²) in [6.07, 6.45) is 4.21. The van der Waals surface area contributed by atoms with Crippen molar-refractivity contribution in [3.05, 3.63) is 59.3 Å². The Bertz CT molecular complexity index is 990. The highest BCUT2D eigenvalue weighted by molar-refractivity contribution is 6.85. The lowest BCUT2D eigenvalue weighted by Gasteiger charge is -2.24. The number of pyridine rings is 1. The summed E-state index contributed by atoms with van der Waals surface area (Å²) in [5, 5.41) is 2.44. The van der Waals surface area contributed by atoms with Crippen LogP contribution in [-0.4, -0.2) is 18.7 Å². The summed E-state index contributed by atoms with van der Waals surface area (Å²) in [4.78, 5) is 2.23. The summed E-state index contributed by atoms with van der Waals surface area (Å²) in [5.74, 6) is 0. The topological polar surface area (TPSA) is 20.3 Å². The molecule has 108 valence electrons. The zero-order chi connectivity index (χ0) is 15.3. The minimum atomic E-state index is 0.222. The van der Waals surface area contributed by atoms with Crippen molar-refractivity contribution in [1.82, 2.24) is 4.81 Å². The van der Waals surface area contributed by atoms with Crippen LogP contribution in [0.3, 0.4) is 0 Å². The smallest absolute Gasteiger partial charge is 0.399 e.